The van der Waals surface area contributed by atoms with Crippen LogP contribution < -0.4 is 4.72 Å². The fourth-order valence-electron chi connectivity index (χ4n) is 2.79. The molecule has 0 saturated heterocycles. The van der Waals surface area contributed by atoms with Crippen LogP contribution in [0.5, 0.6) is 5.75 Å². The first-order valence-corrected chi connectivity index (χ1v) is 11.8. The highest BCUT2D eigenvalue weighted by molar-refractivity contribution is 7.94. The van der Waals surface area contributed by atoms with Crippen LogP contribution in [-0.4, -0.2) is 21.9 Å². The maximum absolute atomic E-state index is 13.3. The average molecular weight is 432 g/mol. The summed E-state index contributed by atoms with van der Waals surface area (Å²) < 4.78 is 54.7. The van der Waals surface area contributed by atoms with E-state index in [0.717, 1.165) is 11.1 Å². The molecule has 1 atom stereocenters. The Morgan fingerprint density at radius 2 is 1.21 bits per heavy atom. The smallest absolute Gasteiger partial charge is 0.242 e. The van der Waals surface area contributed by atoms with Gasteiger partial charge in [-0.1, -0.05) is 53.6 Å². The SMILES string of the molecule is Cc1ccc(S(=O)(=O)NC(c2ccccc2O)S(=O)(=O)c2ccc(C)cc2)cc1. The van der Waals surface area contributed by atoms with Gasteiger partial charge in [-0.15, -0.1) is 0 Å². The van der Waals surface area contributed by atoms with Gasteiger partial charge in [0.15, 0.2) is 15.2 Å². The topological polar surface area (TPSA) is 101 Å². The van der Waals surface area contributed by atoms with Crippen LogP contribution in [0.2, 0.25) is 0 Å². The third kappa shape index (κ3) is 4.50. The van der Waals surface area contributed by atoms with Crippen molar-refractivity contribution >= 4 is 19.9 Å². The predicted molar refractivity (Wildman–Crippen MR) is 111 cm³/mol. The zero-order chi connectivity index (χ0) is 21.2. The van der Waals surface area contributed by atoms with Crippen molar-refractivity contribution in [3.63, 3.8) is 0 Å². The monoisotopic (exact) mass is 431 g/mol. The van der Waals surface area contributed by atoms with Crippen molar-refractivity contribution < 1.29 is 21.9 Å². The molecule has 152 valence electrons. The molecule has 0 amide bonds. The highest BCUT2D eigenvalue weighted by Crippen LogP contribution is 2.33. The van der Waals surface area contributed by atoms with Gasteiger partial charge in [-0.25, -0.2) is 16.8 Å². The maximum Gasteiger partial charge on any atom is 0.242 e. The van der Waals surface area contributed by atoms with Gasteiger partial charge in [0.1, 0.15) is 5.75 Å². The van der Waals surface area contributed by atoms with Crippen LogP contribution >= 0.6 is 0 Å². The standard InChI is InChI=1S/C21H21NO5S2/c1-15-7-11-17(12-8-15)28(24,25)21(19-5-3-4-6-20(19)23)22-29(26,27)18-13-9-16(2)10-14-18/h3-14,21-23H,1-2H3. The Hall–Kier alpha value is -2.68. The normalized spacial score (nSPS) is 13.2. The molecule has 0 fully saturated rings. The van der Waals surface area contributed by atoms with Crippen LogP contribution in [0.1, 0.15) is 22.1 Å². The van der Waals surface area contributed by atoms with Crippen LogP contribution in [-0.2, 0) is 19.9 Å². The van der Waals surface area contributed by atoms with E-state index in [1.807, 2.05) is 13.8 Å². The third-order valence-corrected chi connectivity index (χ3v) is 7.98. The molecule has 6 nitrogen and oxygen atoms in total. The van der Waals surface area contributed by atoms with Crippen LogP contribution in [0.3, 0.4) is 0 Å². The molecule has 1 unspecified atom stereocenters. The summed E-state index contributed by atoms with van der Waals surface area (Å²) >= 11 is 0. The lowest BCUT2D eigenvalue weighted by Crippen LogP contribution is -2.34. The number of phenols is 1. The number of aromatic hydroxyl groups is 1. The molecule has 2 N–H and O–H groups in total. The number of nitrogens with one attached hydrogen (secondary N) is 1. The zero-order valence-corrected chi connectivity index (χ0v) is 17.5. The quantitative estimate of drug-likeness (QED) is 0.623. The first-order valence-electron chi connectivity index (χ1n) is 8.79. The van der Waals surface area contributed by atoms with Gasteiger partial charge in [-0.05, 0) is 44.2 Å². The summed E-state index contributed by atoms with van der Waals surface area (Å²) in [6.07, 6.45) is 0. The highest BCUT2D eigenvalue weighted by atomic mass is 32.2. The van der Waals surface area contributed by atoms with Crippen molar-refractivity contribution in [2.24, 2.45) is 0 Å². The van der Waals surface area contributed by atoms with E-state index in [1.54, 1.807) is 24.3 Å². The van der Waals surface area contributed by atoms with Gasteiger partial charge in [-0.3, -0.25) is 0 Å². The molecule has 0 radical (unpaired) electrons. The van der Waals surface area contributed by atoms with Crippen molar-refractivity contribution in [3.05, 3.63) is 89.5 Å². The maximum atomic E-state index is 13.3. The minimum Gasteiger partial charge on any atom is -0.508 e. The van der Waals surface area contributed by atoms with E-state index in [-0.39, 0.29) is 21.1 Å². The summed E-state index contributed by atoms with van der Waals surface area (Å²) in [5.41, 5.74) is 1.68. The molecule has 0 bridgehead atoms. The second kappa shape index (κ2) is 7.98. The highest BCUT2D eigenvalue weighted by Gasteiger charge is 2.35. The van der Waals surface area contributed by atoms with Crippen molar-refractivity contribution in [3.8, 4) is 5.75 Å². The van der Waals surface area contributed by atoms with E-state index in [9.17, 15) is 21.9 Å². The molecule has 0 aliphatic carbocycles. The van der Waals surface area contributed by atoms with E-state index in [4.69, 9.17) is 0 Å². The lowest BCUT2D eigenvalue weighted by Gasteiger charge is -2.21. The number of hydrogen-bond donors (Lipinski definition) is 2. The summed E-state index contributed by atoms with van der Waals surface area (Å²) in [7, 11) is -8.37. The lowest BCUT2D eigenvalue weighted by atomic mass is 10.2. The summed E-state index contributed by atoms with van der Waals surface area (Å²) in [5, 5.41) is 8.54. The Kier molecular flexibility index (Phi) is 5.79. The second-order valence-electron chi connectivity index (χ2n) is 6.73. The van der Waals surface area contributed by atoms with Gasteiger partial charge < -0.3 is 5.11 Å². The van der Waals surface area contributed by atoms with Crippen LogP contribution in [0.25, 0.3) is 0 Å². The number of hydrogen-bond acceptors (Lipinski definition) is 5. The van der Waals surface area contributed by atoms with E-state index >= 15 is 0 Å². The van der Waals surface area contributed by atoms with Gasteiger partial charge in [0.2, 0.25) is 10.0 Å². The molecular formula is C21H21NO5S2. The molecule has 0 aliphatic heterocycles. The first kappa shape index (κ1) is 21.0. The second-order valence-corrected chi connectivity index (χ2v) is 10.5. The van der Waals surface area contributed by atoms with Crippen LogP contribution in [0, 0.1) is 13.8 Å². The molecule has 3 aromatic rings. The Morgan fingerprint density at radius 3 is 1.72 bits per heavy atom. The summed E-state index contributed by atoms with van der Waals surface area (Å²) in [6.45, 7) is 3.63. The Balaban J connectivity index is 2.13. The van der Waals surface area contributed by atoms with Gasteiger partial charge in [-0.2, -0.15) is 4.72 Å². The Labute approximate surface area is 170 Å². The van der Waals surface area contributed by atoms with Gasteiger partial charge in [0.25, 0.3) is 0 Å². The number of phenolic OH excluding ortho intramolecular Hbond substituents is 1. The van der Waals surface area contributed by atoms with Gasteiger partial charge in [0.05, 0.1) is 9.79 Å². The Morgan fingerprint density at radius 1 is 0.724 bits per heavy atom. The molecule has 3 rings (SSSR count). The van der Waals surface area contributed by atoms with E-state index in [0.29, 0.717) is 0 Å². The number of rotatable bonds is 6. The van der Waals surface area contributed by atoms with Crippen molar-refractivity contribution in [2.75, 3.05) is 0 Å². The molecule has 0 aliphatic rings. The predicted octanol–water partition coefficient (Wildman–Crippen LogP) is 3.46. The first-order chi connectivity index (χ1) is 13.6. The van der Waals surface area contributed by atoms with Crippen LogP contribution in [0.15, 0.2) is 82.6 Å². The number of sulfonamides is 1. The largest absolute Gasteiger partial charge is 0.508 e. The summed E-state index contributed by atoms with van der Waals surface area (Å²) in [5.74, 6) is -0.320. The fourth-order valence-corrected chi connectivity index (χ4v) is 6.04. The van der Waals surface area contributed by atoms with Crippen LogP contribution in [0.4, 0.5) is 0 Å². The molecule has 0 spiro atoms. The third-order valence-electron chi connectivity index (χ3n) is 4.47. The number of benzene rings is 3. The molecule has 8 heteroatoms. The van der Waals surface area contributed by atoms with Gasteiger partial charge >= 0.3 is 0 Å². The molecule has 0 heterocycles. The summed E-state index contributed by atoms with van der Waals surface area (Å²) in [6, 6.07) is 17.9. The lowest BCUT2D eigenvalue weighted by molar-refractivity contribution is 0.464. The van der Waals surface area contributed by atoms with E-state index in [2.05, 4.69) is 4.72 Å². The minimum absolute atomic E-state index is 0.0521. The molecule has 3 aromatic carbocycles. The van der Waals surface area contributed by atoms with Crippen molar-refractivity contribution in [2.45, 2.75) is 29.0 Å². The molecule has 29 heavy (non-hydrogen) atoms. The zero-order valence-electron chi connectivity index (χ0n) is 15.9. The number of aryl methyl sites for hydroxylation is 2. The number of sulfone groups is 1. The fraction of sp³-hybridized carbons (Fsp3) is 0.143. The van der Waals surface area contributed by atoms with E-state index < -0.39 is 25.2 Å². The Bertz CT molecular complexity index is 1220. The minimum atomic E-state index is -4.19. The summed E-state index contributed by atoms with van der Waals surface area (Å²) in [4.78, 5) is -0.120. The molecular weight excluding hydrogens is 410 g/mol. The average Bonchev–Trinajstić information content (AvgIpc) is 2.67. The van der Waals surface area contributed by atoms with Gasteiger partial charge in [0, 0.05) is 5.56 Å². The number of para-hydroxylation sites is 1. The van der Waals surface area contributed by atoms with Crippen molar-refractivity contribution in [1.29, 1.82) is 0 Å². The molecule has 0 saturated carbocycles. The molecule has 0 aromatic heterocycles. The van der Waals surface area contributed by atoms with Crippen molar-refractivity contribution in [1.82, 2.24) is 4.72 Å². The van der Waals surface area contributed by atoms with E-state index in [1.165, 1.54) is 48.5 Å².